The van der Waals surface area contributed by atoms with Crippen LogP contribution in [0.2, 0.25) is 0 Å². The Labute approximate surface area is 131 Å². The third-order valence-electron chi connectivity index (χ3n) is 3.78. The zero-order chi connectivity index (χ0) is 17.0. The first-order chi connectivity index (χ1) is 10.1. The lowest BCUT2D eigenvalue weighted by Crippen LogP contribution is -2.44. The predicted molar refractivity (Wildman–Crippen MR) is 81.1 cm³/mol. The van der Waals surface area contributed by atoms with Crippen molar-refractivity contribution in [2.45, 2.75) is 71.4 Å². The van der Waals surface area contributed by atoms with Gasteiger partial charge in [-0.3, -0.25) is 4.79 Å². The van der Waals surface area contributed by atoms with E-state index in [1.54, 1.807) is 20.8 Å². The highest BCUT2D eigenvalue weighted by Gasteiger charge is 2.53. The summed E-state index contributed by atoms with van der Waals surface area (Å²) >= 11 is 0. The Bertz CT molecular complexity index is 460. The molecule has 0 aromatic rings. The van der Waals surface area contributed by atoms with Crippen molar-refractivity contribution in [2.75, 3.05) is 0 Å². The second-order valence-electron chi connectivity index (χ2n) is 7.00. The van der Waals surface area contributed by atoms with Gasteiger partial charge < -0.3 is 15.2 Å². The first-order valence-electron chi connectivity index (χ1n) is 7.78. The van der Waals surface area contributed by atoms with E-state index in [9.17, 15) is 20.0 Å². The topological polar surface area (TPSA) is 99.4 Å². The van der Waals surface area contributed by atoms with Gasteiger partial charge in [0.2, 0.25) is 0 Å². The van der Waals surface area contributed by atoms with Crippen molar-refractivity contribution in [2.24, 2.45) is 11.3 Å². The van der Waals surface area contributed by atoms with Crippen LogP contribution < -0.4 is 5.32 Å². The van der Waals surface area contributed by atoms with Gasteiger partial charge in [-0.15, -0.1) is 0 Å². The van der Waals surface area contributed by atoms with E-state index >= 15 is 0 Å². The fraction of sp³-hybridized carbons (Fsp3) is 0.812. The first kappa shape index (κ1) is 18.3. The Morgan fingerprint density at radius 3 is 2.36 bits per heavy atom. The van der Waals surface area contributed by atoms with Gasteiger partial charge in [0, 0.05) is 6.04 Å². The largest absolute Gasteiger partial charge is 0.480 e. The van der Waals surface area contributed by atoms with Crippen LogP contribution in [0.5, 0.6) is 0 Å². The summed E-state index contributed by atoms with van der Waals surface area (Å²) in [7, 11) is 0. The van der Waals surface area contributed by atoms with E-state index in [1.165, 1.54) is 0 Å². The molecule has 1 aliphatic carbocycles. The Morgan fingerprint density at radius 1 is 1.41 bits per heavy atom. The Balaban J connectivity index is 2.80. The van der Waals surface area contributed by atoms with Crippen LogP contribution in [0.4, 0.5) is 4.79 Å². The summed E-state index contributed by atoms with van der Waals surface area (Å²) < 4.78 is 5.22. The van der Waals surface area contributed by atoms with Gasteiger partial charge in [0.1, 0.15) is 5.60 Å². The van der Waals surface area contributed by atoms with Gasteiger partial charge in [-0.2, -0.15) is 5.26 Å². The molecular formula is C16H26N2O4. The second-order valence-corrected chi connectivity index (χ2v) is 7.00. The quantitative estimate of drug-likeness (QED) is 0.752. The fourth-order valence-electron chi connectivity index (χ4n) is 2.63. The van der Waals surface area contributed by atoms with E-state index < -0.39 is 23.1 Å². The van der Waals surface area contributed by atoms with Gasteiger partial charge in [-0.25, -0.2) is 4.79 Å². The minimum absolute atomic E-state index is 0.116. The van der Waals surface area contributed by atoms with Crippen molar-refractivity contribution in [3.63, 3.8) is 0 Å². The Morgan fingerprint density at radius 2 is 2.00 bits per heavy atom. The third-order valence-corrected chi connectivity index (χ3v) is 3.78. The Kier molecular flexibility index (Phi) is 5.81. The number of hydrogen-bond acceptors (Lipinski definition) is 4. The van der Waals surface area contributed by atoms with E-state index in [-0.39, 0.29) is 18.4 Å². The maximum Gasteiger partial charge on any atom is 0.407 e. The number of alkyl carbamates (subject to hydrolysis) is 1. The third kappa shape index (κ3) is 4.90. The molecule has 0 aliphatic heterocycles. The molecule has 0 spiro atoms. The maximum absolute atomic E-state index is 11.9. The van der Waals surface area contributed by atoms with Crippen molar-refractivity contribution in [3.8, 4) is 6.07 Å². The molecular weight excluding hydrogens is 284 g/mol. The normalized spacial score (nSPS) is 18.7. The number of carboxylic acids is 1. The lowest BCUT2D eigenvalue weighted by molar-refractivity contribution is -0.147. The van der Waals surface area contributed by atoms with Crippen LogP contribution in [0.1, 0.15) is 59.8 Å². The minimum atomic E-state index is -1.41. The molecule has 1 saturated carbocycles. The molecule has 6 nitrogen and oxygen atoms in total. The number of aliphatic carboxylic acids is 1. The SMILES string of the molecule is CCC[C@@H](CC(C#N)(C(=O)O)C1CC1)NC(=O)OC(C)(C)C. The van der Waals surface area contributed by atoms with Crippen molar-refractivity contribution in [1.29, 1.82) is 5.26 Å². The number of rotatable bonds is 7. The van der Waals surface area contributed by atoms with E-state index in [4.69, 9.17) is 4.74 Å². The molecule has 2 atom stereocenters. The van der Waals surface area contributed by atoms with Gasteiger partial charge in [-0.05, 0) is 52.4 Å². The van der Waals surface area contributed by atoms with Crippen LogP contribution in [-0.4, -0.2) is 28.8 Å². The summed E-state index contributed by atoms with van der Waals surface area (Å²) in [6, 6.07) is 1.62. The number of ether oxygens (including phenoxy) is 1. The van der Waals surface area contributed by atoms with Crippen molar-refractivity contribution in [3.05, 3.63) is 0 Å². The first-order valence-corrected chi connectivity index (χ1v) is 7.78. The Hall–Kier alpha value is -1.77. The molecule has 0 bridgehead atoms. The highest BCUT2D eigenvalue weighted by molar-refractivity contribution is 5.79. The second kappa shape index (κ2) is 6.99. The van der Waals surface area contributed by atoms with Crippen LogP contribution in [0.15, 0.2) is 0 Å². The average Bonchev–Trinajstić information content (AvgIpc) is 3.17. The number of amides is 1. The smallest absolute Gasteiger partial charge is 0.407 e. The van der Waals surface area contributed by atoms with Crippen LogP contribution >= 0.6 is 0 Å². The number of nitrogens with one attached hydrogen (secondary N) is 1. The molecule has 1 aliphatic rings. The molecule has 0 aromatic carbocycles. The predicted octanol–water partition coefficient (Wildman–Crippen LogP) is 3.07. The van der Waals surface area contributed by atoms with Crippen molar-refractivity contribution >= 4 is 12.1 Å². The molecule has 0 radical (unpaired) electrons. The zero-order valence-electron chi connectivity index (χ0n) is 13.8. The summed E-state index contributed by atoms with van der Waals surface area (Å²) in [6.45, 7) is 7.25. The van der Waals surface area contributed by atoms with E-state index in [0.717, 1.165) is 19.3 Å². The molecule has 1 fully saturated rings. The van der Waals surface area contributed by atoms with Gasteiger partial charge in [0.25, 0.3) is 0 Å². The average molecular weight is 310 g/mol. The summed E-state index contributed by atoms with van der Waals surface area (Å²) in [5.74, 6) is -1.21. The highest BCUT2D eigenvalue weighted by Crippen LogP contribution is 2.48. The minimum Gasteiger partial charge on any atom is -0.480 e. The van der Waals surface area contributed by atoms with Crippen molar-refractivity contribution in [1.82, 2.24) is 5.32 Å². The lowest BCUT2D eigenvalue weighted by atomic mass is 9.77. The summed E-state index contributed by atoms with van der Waals surface area (Å²) in [5, 5.41) is 21.7. The number of carbonyl (C=O) groups is 2. The van der Waals surface area contributed by atoms with Crippen LogP contribution in [0.25, 0.3) is 0 Å². The molecule has 0 saturated heterocycles. The highest BCUT2D eigenvalue weighted by atomic mass is 16.6. The van der Waals surface area contributed by atoms with Gasteiger partial charge in [0.05, 0.1) is 6.07 Å². The molecule has 2 N–H and O–H groups in total. The number of carboxylic acid groups (broad SMARTS) is 1. The van der Waals surface area contributed by atoms with E-state index in [2.05, 4.69) is 5.32 Å². The van der Waals surface area contributed by atoms with Gasteiger partial charge in [-0.1, -0.05) is 13.3 Å². The molecule has 1 unspecified atom stereocenters. The van der Waals surface area contributed by atoms with Gasteiger partial charge >= 0.3 is 12.1 Å². The van der Waals surface area contributed by atoms with Crippen molar-refractivity contribution < 1.29 is 19.4 Å². The standard InChI is InChI=1S/C16H26N2O4/c1-5-6-12(18-14(21)22-15(2,3)4)9-16(10-17,13(19)20)11-7-8-11/h11-12H,5-9H2,1-4H3,(H,18,21)(H,19,20)/t12-,16?/m0/s1. The molecule has 1 rings (SSSR count). The zero-order valence-corrected chi connectivity index (χ0v) is 13.8. The number of nitrogens with zero attached hydrogens (tertiary/aromatic N) is 1. The van der Waals surface area contributed by atoms with E-state index in [1.807, 2.05) is 13.0 Å². The van der Waals surface area contributed by atoms with Crippen LogP contribution in [0, 0.1) is 22.7 Å². The number of carbonyl (C=O) groups excluding carboxylic acids is 1. The molecule has 0 heterocycles. The molecule has 6 heteroatoms. The van der Waals surface area contributed by atoms with Crippen LogP contribution in [-0.2, 0) is 9.53 Å². The molecule has 22 heavy (non-hydrogen) atoms. The summed E-state index contributed by atoms with van der Waals surface area (Å²) in [4.78, 5) is 23.5. The summed E-state index contributed by atoms with van der Waals surface area (Å²) in [6.07, 6.45) is 2.46. The molecule has 124 valence electrons. The van der Waals surface area contributed by atoms with Gasteiger partial charge in [0.15, 0.2) is 5.41 Å². The number of nitriles is 1. The molecule has 0 aromatic heterocycles. The van der Waals surface area contributed by atoms with E-state index in [0.29, 0.717) is 6.42 Å². The monoisotopic (exact) mass is 310 g/mol. The number of hydrogen-bond donors (Lipinski definition) is 2. The van der Waals surface area contributed by atoms with Crippen LogP contribution in [0.3, 0.4) is 0 Å². The summed E-state index contributed by atoms with van der Waals surface area (Å²) in [5.41, 5.74) is -2.02. The maximum atomic E-state index is 11.9. The lowest BCUT2D eigenvalue weighted by Gasteiger charge is -2.29. The molecule has 1 amide bonds. The fourth-order valence-corrected chi connectivity index (χ4v) is 2.63.